The zero-order chi connectivity index (χ0) is 15.7. The van der Waals surface area contributed by atoms with Crippen LogP contribution in [0.4, 0.5) is 0 Å². The zero-order valence-electron chi connectivity index (χ0n) is 13.5. The molecule has 3 atom stereocenters. The minimum absolute atomic E-state index is 0.0582. The SMILES string of the molecule is CCCCCCCCOC(=O)C1CCCC(C)C1C(=O)O. The first-order valence-corrected chi connectivity index (χ1v) is 8.47. The Kier molecular flexibility index (Phi) is 8.40. The molecular weight excluding hydrogens is 268 g/mol. The summed E-state index contributed by atoms with van der Waals surface area (Å²) in [5.74, 6) is -2.13. The van der Waals surface area contributed by atoms with E-state index in [1.807, 2.05) is 6.92 Å². The van der Waals surface area contributed by atoms with Gasteiger partial charge in [0.05, 0.1) is 18.4 Å². The van der Waals surface area contributed by atoms with Crippen LogP contribution in [0.25, 0.3) is 0 Å². The highest BCUT2D eigenvalue weighted by Gasteiger charge is 2.40. The number of unbranched alkanes of at least 4 members (excludes halogenated alkanes) is 5. The van der Waals surface area contributed by atoms with E-state index in [-0.39, 0.29) is 11.9 Å². The number of carbonyl (C=O) groups excluding carboxylic acids is 1. The molecule has 1 aliphatic carbocycles. The number of carbonyl (C=O) groups is 2. The molecule has 0 aromatic carbocycles. The van der Waals surface area contributed by atoms with Crippen molar-refractivity contribution in [1.82, 2.24) is 0 Å². The maximum absolute atomic E-state index is 12.1. The molecule has 1 N–H and O–H groups in total. The van der Waals surface area contributed by atoms with Crippen molar-refractivity contribution in [2.75, 3.05) is 6.61 Å². The first-order valence-electron chi connectivity index (χ1n) is 8.47. The lowest BCUT2D eigenvalue weighted by atomic mass is 9.73. The third-order valence-electron chi connectivity index (χ3n) is 4.55. The number of carboxylic acids is 1. The lowest BCUT2D eigenvalue weighted by Crippen LogP contribution is -2.38. The summed E-state index contributed by atoms with van der Waals surface area (Å²) in [4.78, 5) is 23.5. The number of hydrogen-bond donors (Lipinski definition) is 1. The summed E-state index contributed by atoms with van der Waals surface area (Å²) in [5.41, 5.74) is 0. The van der Waals surface area contributed by atoms with Gasteiger partial charge in [-0.25, -0.2) is 0 Å². The van der Waals surface area contributed by atoms with Gasteiger partial charge in [-0.15, -0.1) is 0 Å². The summed E-state index contributed by atoms with van der Waals surface area (Å²) in [6, 6.07) is 0. The molecule has 3 unspecified atom stereocenters. The molecule has 0 heterocycles. The summed E-state index contributed by atoms with van der Waals surface area (Å²) in [6.07, 6.45) is 9.34. The number of ether oxygens (including phenoxy) is 1. The first-order chi connectivity index (χ1) is 10.1. The number of aliphatic carboxylic acids is 1. The van der Waals surface area contributed by atoms with Crippen LogP contribution >= 0.6 is 0 Å². The molecule has 1 aliphatic rings. The van der Waals surface area contributed by atoms with E-state index < -0.39 is 17.8 Å². The van der Waals surface area contributed by atoms with Crippen molar-refractivity contribution in [3.63, 3.8) is 0 Å². The van der Waals surface area contributed by atoms with E-state index in [2.05, 4.69) is 6.92 Å². The van der Waals surface area contributed by atoms with Gasteiger partial charge >= 0.3 is 11.9 Å². The third kappa shape index (κ3) is 6.06. The van der Waals surface area contributed by atoms with Crippen molar-refractivity contribution in [2.45, 2.75) is 71.6 Å². The van der Waals surface area contributed by atoms with Gasteiger partial charge in [0.2, 0.25) is 0 Å². The molecule has 0 aromatic heterocycles. The van der Waals surface area contributed by atoms with Crippen molar-refractivity contribution >= 4 is 11.9 Å². The molecule has 4 nitrogen and oxygen atoms in total. The van der Waals surface area contributed by atoms with E-state index in [0.717, 1.165) is 25.7 Å². The molecule has 0 amide bonds. The van der Waals surface area contributed by atoms with Gasteiger partial charge in [-0.2, -0.15) is 0 Å². The van der Waals surface area contributed by atoms with Crippen LogP contribution in [-0.4, -0.2) is 23.7 Å². The molecule has 0 aromatic rings. The normalized spacial score (nSPS) is 25.5. The van der Waals surface area contributed by atoms with Gasteiger partial charge in [0, 0.05) is 0 Å². The smallest absolute Gasteiger partial charge is 0.309 e. The summed E-state index contributed by atoms with van der Waals surface area (Å²) >= 11 is 0. The molecule has 0 radical (unpaired) electrons. The molecular formula is C17H30O4. The predicted octanol–water partition coefficient (Wildman–Crippen LogP) is 4.03. The second-order valence-corrected chi connectivity index (χ2v) is 6.31. The van der Waals surface area contributed by atoms with Gasteiger partial charge in [-0.1, -0.05) is 52.4 Å². The first kappa shape index (κ1) is 18.0. The monoisotopic (exact) mass is 298 g/mol. The van der Waals surface area contributed by atoms with Gasteiger partial charge in [-0.3, -0.25) is 9.59 Å². The average molecular weight is 298 g/mol. The molecule has 0 aliphatic heterocycles. The van der Waals surface area contributed by atoms with Gasteiger partial charge in [0.15, 0.2) is 0 Å². The quantitative estimate of drug-likeness (QED) is 0.515. The highest BCUT2D eigenvalue weighted by molar-refractivity contribution is 5.81. The summed E-state index contributed by atoms with van der Waals surface area (Å²) in [5, 5.41) is 9.31. The molecule has 21 heavy (non-hydrogen) atoms. The van der Waals surface area contributed by atoms with E-state index in [4.69, 9.17) is 4.74 Å². The van der Waals surface area contributed by atoms with Gasteiger partial charge in [-0.05, 0) is 25.2 Å². The summed E-state index contributed by atoms with van der Waals surface area (Å²) in [7, 11) is 0. The number of esters is 1. The Labute approximate surface area is 128 Å². The van der Waals surface area contributed by atoms with Crippen LogP contribution < -0.4 is 0 Å². The molecule has 1 fully saturated rings. The van der Waals surface area contributed by atoms with Crippen molar-refractivity contribution in [2.24, 2.45) is 17.8 Å². The zero-order valence-corrected chi connectivity index (χ0v) is 13.5. The number of carboxylic acid groups (broad SMARTS) is 1. The topological polar surface area (TPSA) is 63.6 Å². The fourth-order valence-corrected chi connectivity index (χ4v) is 3.26. The Morgan fingerprint density at radius 2 is 1.76 bits per heavy atom. The molecule has 0 bridgehead atoms. The fourth-order valence-electron chi connectivity index (χ4n) is 3.26. The van der Waals surface area contributed by atoms with Crippen LogP contribution in [0.3, 0.4) is 0 Å². The van der Waals surface area contributed by atoms with E-state index >= 15 is 0 Å². The summed E-state index contributed by atoms with van der Waals surface area (Å²) in [6.45, 7) is 4.54. The van der Waals surface area contributed by atoms with Crippen LogP contribution in [0.2, 0.25) is 0 Å². The Morgan fingerprint density at radius 3 is 2.43 bits per heavy atom. The predicted molar refractivity (Wildman–Crippen MR) is 82.0 cm³/mol. The summed E-state index contributed by atoms with van der Waals surface area (Å²) < 4.78 is 5.31. The number of hydrogen-bond acceptors (Lipinski definition) is 3. The van der Waals surface area contributed by atoms with Crippen molar-refractivity contribution < 1.29 is 19.4 Å². The standard InChI is InChI=1S/C17H30O4/c1-3-4-5-6-7-8-12-21-17(20)14-11-9-10-13(2)15(14)16(18)19/h13-15H,3-12H2,1-2H3,(H,18,19). The van der Waals surface area contributed by atoms with Gasteiger partial charge in [0.25, 0.3) is 0 Å². The Morgan fingerprint density at radius 1 is 1.10 bits per heavy atom. The van der Waals surface area contributed by atoms with E-state index in [1.165, 1.54) is 25.7 Å². The van der Waals surface area contributed by atoms with Crippen LogP contribution in [0.1, 0.15) is 71.6 Å². The van der Waals surface area contributed by atoms with Gasteiger partial charge < -0.3 is 9.84 Å². The average Bonchev–Trinajstić information content (AvgIpc) is 2.45. The second-order valence-electron chi connectivity index (χ2n) is 6.31. The molecule has 4 heteroatoms. The number of rotatable bonds is 9. The van der Waals surface area contributed by atoms with E-state index in [1.54, 1.807) is 0 Å². The van der Waals surface area contributed by atoms with Gasteiger partial charge in [0.1, 0.15) is 0 Å². The minimum atomic E-state index is -0.858. The highest BCUT2D eigenvalue weighted by Crippen LogP contribution is 2.35. The third-order valence-corrected chi connectivity index (χ3v) is 4.55. The second kappa shape index (κ2) is 9.80. The minimum Gasteiger partial charge on any atom is -0.481 e. The van der Waals surface area contributed by atoms with Crippen LogP contribution in [0, 0.1) is 17.8 Å². The Hall–Kier alpha value is -1.06. The van der Waals surface area contributed by atoms with E-state index in [0.29, 0.717) is 13.0 Å². The maximum atomic E-state index is 12.1. The molecule has 0 saturated heterocycles. The lowest BCUT2D eigenvalue weighted by Gasteiger charge is -2.32. The lowest BCUT2D eigenvalue weighted by molar-refractivity contribution is -0.162. The molecule has 122 valence electrons. The molecule has 1 rings (SSSR count). The van der Waals surface area contributed by atoms with Crippen molar-refractivity contribution in [3.05, 3.63) is 0 Å². The molecule has 1 saturated carbocycles. The van der Waals surface area contributed by atoms with E-state index in [9.17, 15) is 14.7 Å². The van der Waals surface area contributed by atoms with Crippen molar-refractivity contribution in [1.29, 1.82) is 0 Å². The maximum Gasteiger partial charge on any atom is 0.309 e. The Balaban J connectivity index is 2.28. The highest BCUT2D eigenvalue weighted by atomic mass is 16.5. The fraction of sp³-hybridized carbons (Fsp3) is 0.882. The van der Waals surface area contributed by atoms with Crippen LogP contribution in [-0.2, 0) is 14.3 Å². The molecule has 0 spiro atoms. The van der Waals surface area contributed by atoms with Crippen LogP contribution in [0.15, 0.2) is 0 Å². The van der Waals surface area contributed by atoms with Crippen molar-refractivity contribution in [3.8, 4) is 0 Å². The van der Waals surface area contributed by atoms with Crippen LogP contribution in [0.5, 0.6) is 0 Å². The Bertz CT molecular complexity index is 327. The largest absolute Gasteiger partial charge is 0.481 e.